The largest absolute Gasteiger partial charge is 0.497 e. The molecule has 5 heteroatoms. The van der Waals surface area contributed by atoms with E-state index in [0.29, 0.717) is 6.61 Å². The smallest absolute Gasteiger partial charge is 0.335 e. The maximum absolute atomic E-state index is 11.0. The molecule has 0 spiro atoms. The summed E-state index contributed by atoms with van der Waals surface area (Å²) in [6.07, 6.45) is 4.06. The highest BCUT2D eigenvalue weighted by Crippen LogP contribution is 2.40. The highest BCUT2D eigenvalue weighted by molar-refractivity contribution is 5.88. The van der Waals surface area contributed by atoms with Crippen molar-refractivity contribution in [2.45, 2.75) is 19.4 Å². The Bertz CT molecular complexity index is 1110. The number of hydrogen-bond donors (Lipinski definition) is 1. The Hall–Kier alpha value is -3.73. The van der Waals surface area contributed by atoms with Crippen molar-refractivity contribution in [1.29, 1.82) is 0 Å². The van der Waals surface area contributed by atoms with E-state index in [1.165, 1.54) is 11.1 Å². The normalized spacial score (nSPS) is 13.7. The fourth-order valence-corrected chi connectivity index (χ4v) is 3.83. The first kappa shape index (κ1) is 20.5. The average Bonchev–Trinajstić information content (AvgIpc) is 3.21. The van der Waals surface area contributed by atoms with Crippen molar-refractivity contribution in [3.63, 3.8) is 0 Å². The number of fused-ring (bicyclic) bond motifs is 1. The van der Waals surface area contributed by atoms with Crippen LogP contribution in [0.2, 0.25) is 0 Å². The Morgan fingerprint density at radius 1 is 0.968 bits per heavy atom. The lowest BCUT2D eigenvalue weighted by molar-refractivity contribution is 0.0697. The number of benzene rings is 3. The van der Waals surface area contributed by atoms with Gasteiger partial charge in [-0.3, -0.25) is 0 Å². The molecule has 0 fully saturated rings. The summed E-state index contributed by atoms with van der Waals surface area (Å²) in [6.45, 7) is 0.372. The Labute approximate surface area is 181 Å². The molecule has 0 aliphatic heterocycles. The summed E-state index contributed by atoms with van der Waals surface area (Å²) in [5, 5.41) is 9.05. The predicted molar refractivity (Wildman–Crippen MR) is 120 cm³/mol. The zero-order chi connectivity index (χ0) is 21.8. The molecule has 0 amide bonds. The van der Waals surface area contributed by atoms with E-state index in [9.17, 15) is 4.79 Å². The number of carbonyl (C=O) groups is 1. The van der Waals surface area contributed by atoms with Crippen molar-refractivity contribution >= 4 is 17.6 Å². The summed E-state index contributed by atoms with van der Waals surface area (Å²) in [4.78, 5) is 11.0. The van der Waals surface area contributed by atoms with Crippen LogP contribution in [0.5, 0.6) is 17.2 Å². The van der Waals surface area contributed by atoms with Crippen molar-refractivity contribution in [1.82, 2.24) is 0 Å². The van der Waals surface area contributed by atoms with Gasteiger partial charge in [-0.25, -0.2) is 4.79 Å². The van der Waals surface area contributed by atoms with Gasteiger partial charge >= 0.3 is 5.97 Å². The molecule has 3 aromatic rings. The molecule has 0 aromatic heterocycles. The minimum absolute atomic E-state index is 0.267. The molecule has 1 N–H and O–H groups in total. The minimum Gasteiger partial charge on any atom is -0.497 e. The average molecular weight is 416 g/mol. The number of methoxy groups -OCH3 is 2. The van der Waals surface area contributed by atoms with Crippen LogP contribution in [0.25, 0.3) is 11.6 Å². The molecule has 5 nitrogen and oxygen atoms in total. The van der Waals surface area contributed by atoms with E-state index < -0.39 is 5.97 Å². The van der Waals surface area contributed by atoms with Gasteiger partial charge in [0.1, 0.15) is 23.9 Å². The van der Waals surface area contributed by atoms with E-state index in [0.717, 1.165) is 46.8 Å². The Balaban J connectivity index is 1.60. The number of aryl methyl sites for hydroxylation is 1. The molecule has 0 saturated heterocycles. The van der Waals surface area contributed by atoms with Crippen LogP contribution >= 0.6 is 0 Å². The van der Waals surface area contributed by atoms with Crippen LogP contribution < -0.4 is 14.2 Å². The first-order valence-corrected chi connectivity index (χ1v) is 10.1. The highest BCUT2D eigenvalue weighted by Gasteiger charge is 2.21. The summed E-state index contributed by atoms with van der Waals surface area (Å²) in [5.41, 5.74) is 5.80. The maximum atomic E-state index is 11.0. The van der Waals surface area contributed by atoms with Gasteiger partial charge in [0.05, 0.1) is 19.8 Å². The van der Waals surface area contributed by atoms with E-state index in [2.05, 4.69) is 12.1 Å². The summed E-state index contributed by atoms with van der Waals surface area (Å²) < 4.78 is 16.9. The van der Waals surface area contributed by atoms with Crippen molar-refractivity contribution in [2.75, 3.05) is 14.2 Å². The lowest BCUT2D eigenvalue weighted by Crippen LogP contribution is -2.00. The quantitative estimate of drug-likeness (QED) is 0.553. The van der Waals surface area contributed by atoms with Gasteiger partial charge in [0, 0.05) is 11.6 Å². The highest BCUT2D eigenvalue weighted by atomic mass is 16.5. The number of hydrogen-bond acceptors (Lipinski definition) is 4. The number of ether oxygens (including phenoxy) is 3. The number of aromatic carboxylic acids is 1. The Morgan fingerprint density at radius 2 is 1.68 bits per heavy atom. The monoisotopic (exact) mass is 416 g/mol. The van der Waals surface area contributed by atoms with Crippen LogP contribution in [0, 0.1) is 0 Å². The van der Waals surface area contributed by atoms with Gasteiger partial charge in [0.25, 0.3) is 0 Å². The molecular weight excluding hydrogens is 392 g/mol. The van der Waals surface area contributed by atoms with Crippen molar-refractivity contribution in [2.24, 2.45) is 0 Å². The number of carboxylic acids is 1. The number of carboxylic acid groups (broad SMARTS) is 1. The molecule has 0 radical (unpaired) electrons. The first-order chi connectivity index (χ1) is 15.1. The molecule has 0 saturated carbocycles. The zero-order valence-electron chi connectivity index (χ0n) is 17.6. The number of allylic oxidation sites excluding steroid dienone is 1. The van der Waals surface area contributed by atoms with E-state index >= 15 is 0 Å². The summed E-state index contributed by atoms with van der Waals surface area (Å²) in [7, 11) is 3.29. The van der Waals surface area contributed by atoms with Crippen LogP contribution in [0.3, 0.4) is 0 Å². The van der Waals surface area contributed by atoms with Crippen LogP contribution in [-0.4, -0.2) is 25.3 Å². The second kappa shape index (κ2) is 8.96. The standard InChI is InChI=1S/C26H24O5/c1-29-22-13-18(14-23(15-22)30-2)12-21-11-10-19-4-3-5-24(25(19)21)31-16-17-6-8-20(9-7-17)26(27)28/h3-9,12-15H,10-11,16H2,1-2H3,(H,27,28). The first-order valence-electron chi connectivity index (χ1n) is 10.1. The minimum atomic E-state index is -0.933. The molecule has 31 heavy (non-hydrogen) atoms. The third-order valence-corrected chi connectivity index (χ3v) is 5.41. The topological polar surface area (TPSA) is 65.0 Å². The molecule has 3 aromatic carbocycles. The van der Waals surface area contributed by atoms with Crippen LogP contribution in [-0.2, 0) is 13.0 Å². The van der Waals surface area contributed by atoms with Gasteiger partial charge in [-0.2, -0.15) is 0 Å². The molecule has 0 atom stereocenters. The van der Waals surface area contributed by atoms with Crippen molar-refractivity contribution < 1.29 is 24.1 Å². The van der Waals surface area contributed by atoms with Crippen molar-refractivity contribution in [3.05, 3.63) is 88.5 Å². The summed E-state index contributed by atoms with van der Waals surface area (Å²) >= 11 is 0. The molecule has 0 bridgehead atoms. The van der Waals surface area contributed by atoms with Gasteiger partial charge in [0.2, 0.25) is 0 Å². The van der Waals surface area contributed by atoms with Crippen LogP contribution in [0.4, 0.5) is 0 Å². The van der Waals surface area contributed by atoms with E-state index in [1.54, 1.807) is 38.5 Å². The van der Waals surface area contributed by atoms with Crippen LogP contribution in [0.15, 0.2) is 60.7 Å². The van der Waals surface area contributed by atoms with Gasteiger partial charge < -0.3 is 19.3 Å². The zero-order valence-corrected chi connectivity index (χ0v) is 17.6. The van der Waals surface area contributed by atoms with Gasteiger partial charge in [-0.1, -0.05) is 30.3 Å². The Morgan fingerprint density at radius 3 is 2.32 bits per heavy atom. The Kier molecular flexibility index (Phi) is 5.94. The van der Waals surface area contributed by atoms with Crippen LogP contribution in [0.1, 0.15) is 39.0 Å². The fraction of sp³-hybridized carbons (Fsp3) is 0.192. The summed E-state index contributed by atoms with van der Waals surface area (Å²) in [5.74, 6) is 1.40. The molecule has 158 valence electrons. The van der Waals surface area contributed by atoms with E-state index in [-0.39, 0.29) is 5.56 Å². The van der Waals surface area contributed by atoms with Gasteiger partial charge in [-0.15, -0.1) is 0 Å². The molecule has 0 heterocycles. The predicted octanol–water partition coefficient (Wildman–Crippen LogP) is 5.47. The van der Waals surface area contributed by atoms with Gasteiger partial charge in [-0.05, 0) is 65.4 Å². The molecule has 1 aliphatic carbocycles. The molecular formula is C26H24O5. The molecule has 0 unspecified atom stereocenters. The lowest BCUT2D eigenvalue weighted by atomic mass is 10.0. The number of rotatable bonds is 7. The fourth-order valence-electron chi connectivity index (χ4n) is 3.83. The third kappa shape index (κ3) is 4.56. The second-order valence-electron chi connectivity index (χ2n) is 7.40. The molecule has 1 aliphatic rings. The SMILES string of the molecule is COc1cc(C=C2CCc3cccc(OCc4ccc(C(=O)O)cc4)c32)cc(OC)c1. The summed E-state index contributed by atoms with van der Waals surface area (Å²) in [6, 6.07) is 18.7. The maximum Gasteiger partial charge on any atom is 0.335 e. The molecule has 4 rings (SSSR count). The second-order valence-corrected chi connectivity index (χ2v) is 7.40. The van der Waals surface area contributed by atoms with E-state index in [1.807, 2.05) is 30.3 Å². The van der Waals surface area contributed by atoms with Crippen molar-refractivity contribution in [3.8, 4) is 17.2 Å². The van der Waals surface area contributed by atoms with E-state index in [4.69, 9.17) is 19.3 Å². The van der Waals surface area contributed by atoms with Gasteiger partial charge in [0.15, 0.2) is 0 Å². The third-order valence-electron chi connectivity index (χ3n) is 5.41. The lowest BCUT2D eigenvalue weighted by Gasteiger charge is -2.13.